The quantitative estimate of drug-likeness (QED) is 0.377. The van der Waals surface area contributed by atoms with E-state index in [0.717, 1.165) is 16.8 Å². The van der Waals surface area contributed by atoms with E-state index >= 15 is 0 Å². The lowest BCUT2D eigenvalue weighted by molar-refractivity contribution is 0.481. The fourth-order valence-electron chi connectivity index (χ4n) is 2.92. The zero-order valence-electron chi connectivity index (χ0n) is 15.3. The summed E-state index contributed by atoms with van der Waals surface area (Å²) >= 11 is 5.99. The van der Waals surface area contributed by atoms with Crippen LogP contribution in [-0.4, -0.2) is 9.55 Å². The van der Waals surface area contributed by atoms with Gasteiger partial charge in [-0.05, 0) is 35.9 Å². The van der Waals surface area contributed by atoms with Crippen LogP contribution in [0.15, 0.2) is 85.3 Å². The van der Waals surface area contributed by atoms with Gasteiger partial charge in [-0.15, -0.1) is 12.4 Å². The van der Waals surface area contributed by atoms with Crippen LogP contribution in [0.2, 0.25) is 5.02 Å². The highest BCUT2D eigenvalue weighted by molar-refractivity contribution is 6.30. The number of hydrogen-bond donors (Lipinski definition) is 0. The third-order valence-electron chi connectivity index (χ3n) is 4.26. The summed E-state index contributed by atoms with van der Waals surface area (Å²) in [6.07, 6.45) is 3.79. The number of benzene rings is 3. The Morgan fingerprint density at radius 2 is 1.83 bits per heavy atom. The lowest BCUT2D eigenvalue weighted by Gasteiger charge is -2.10. The Morgan fingerprint density at radius 3 is 2.59 bits per heavy atom. The fraction of sp³-hybridized carbons (Fsp3) is 0.0435. The summed E-state index contributed by atoms with van der Waals surface area (Å²) in [5, 5.41) is 10.1. The van der Waals surface area contributed by atoms with E-state index < -0.39 is 0 Å². The highest BCUT2D eigenvalue weighted by atomic mass is 35.5. The molecule has 4 rings (SSSR count). The SMILES string of the molecule is Cl.N#Cc1cc(Cn2cnc(-c3ccccc3)c2)ccc1Oc1cccc(Cl)c1. The molecule has 0 saturated heterocycles. The highest BCUT2D eigenvalue weighted by Gasteiger charge is 2.08. The summed E-state index contributed by atoms with van der Waals surface area (Å²) in [5.74, 6) is 1.10. The van der Waals surface area contributed by atoms with Gasteiger partial charge in [-0.25, -0.2) is 4.98 Å². The van der Waals surface area contributed by atoms with Crippen molar-refractivity contribution in [1.82, 2.24) is 9.55 Å². The molecule has 1 heterocycles. The van der Waals surface area contributed by atoms with Crippen LogP contribution in [0.3, 0.4) is 0 Å². The van der Waals surface area contributed by atoms with Crippen LogP contribution in [0.1, 0.15) is 11.1 Å². The summed E-state index contributed by atoms with van der Waals surface area (Å²) in [5.41, 5.74) is 3.46. The van der Waals surface area contributed by atoms with Gasteiger partial charge in [-0.1, -0.05) is 54.1 Å². The summed E-state index contributed by atoms with van der Waals surface area (Å²) in [4.78, 5) is 4.47. The van der Waals surface area contributed by atoms with Crippen molar-refractivity contribution < 1.29 is 4.74 Å². The Hall–Kier alpha value is -3.26. The molecule has 0 atom stereocenters. The summed E-state index contributed by atoms with van der Waals surface area (Å²) in [6, 6.07) is 24.9. The van der Waals surface area contributed by atoms with Crippen molar-refractivity contribution in [3.8, 4) is 28.8 Å². The molecule has 0 aliphatic rings. The number of nitrogens with zero attached hydrogens (tertiary/aromatic N) is 3. The Morgan fingerprint density at radius 1 is 1.00 bits per heavy atom. The van der Waals surface area contributed by atoms with Crippen molar-refractivity contribution in [2.75, 3.05) is 0 Å². The molecule has 1 aromatic heterocycles. The zero-order valence-corrected chi connectivity index (χ0v) is 16.9. The number of nitriles is 1. The van der Waals surface area contributed by atoms with Crippen LogP contribution in [0.4, 0.5) is 0 Å². The summed E-state index contributed by atoms with van der Waals surface area (Å²) < 4.78 is 7.82. The van der Waals surface area contributed by atoms with E-state index in [0.29, 0.717) is 28.6 Å². The molecule has 144 valence electrons. The lowest BCUT2D eigenvalue weighted by atomic mass is 10.1. The predicted molar refractivity (Wildman–Crippen MR) is 117 cm³/mol. The Kier molecular flexibility index (Phi) is 6.56. The van der Waals surface area contributed by atoms with Crippen molar-refractivity contribution >= 4 is 24.0 Å². The Bertz CT molecular complexity index is 1150. The fourth-order valence-corrected chi connectivity index (χ4v) is 3.10. The Labute approximate surface area is 180 Å². The molecular weight excluding hydrogens is 405 g/mol. The van der Waals surface area contributed by atoms with Crippen LogP contribution in [-0.2, 0) is 6.54 Å². The molecule has 0 aliphatic heterocycles. The lowest BCUT2D eigenvalue weighted by Crippen LogP contribution is -1.98. The predicted octanol–water partition coefficient (Wildman–Crippen LogP) is 6.34. The highest BCUT2D eigenvalue weighted by Crippen LogP contribution is 2.28. The molecule has 29 heavy (non-hydrogen) atoms. The van der Waals surface area contributed by atoms with Gasteiger partial charge in [0.05, 0.1) is 17.6 Å². The first-order chi connectivity index (χ1) is 13.7. The number of imidazole rings is 1. The minimum absolute atomic E-state index is 0. The number of hydrogen-bond acceptors (Lipinski definition) is 3. The number of rotatable bonds is 5. The molecular formula is C23H17Cl2N3O. The molecule has 0 radical (unpaired) electrons. The average Bonchev–Trinajstić information content (AvgIpc) is 3.18. The second-order valence-corrected chi connectivity index (χ2v) is 6.74. The van der Waals surface area contributed by atoms with Crippen LogP contribution in [0.25, 0.3) is 11.3 Å². The molecule has 0 spiro atoms. The van der Waals surface area contributed by atoms with Gasteiger partial charge in [0, 0.05) is 23.3 Å². The molecule has 0 saturated carbocycles. The largest absolute Gasteiger partial charge is 0.456 e. The smallest absolute Gasteiger partial charge is 0.145 e. The maximum atomic E-state index is 9.52. The maximum absolute atomic E-state index is 9.52. The first-order valence-corrected chi connectivity index (χ1v) is 9.13. The minimum atomic E-state index is 0. The van der Waals surface area contributed by atoms with E-state index in [1.165, 1.54) is 0 Å². The second kappa shape index (κ2) is 9.29. The third kappa shape index (κ3) is 4.97. The van der Waals surface area contributed by atoms with Crippen molar-refractivity contribution in [3.05, 3.63) is 101 Å². The van der Waals surface area contributed by atoms with Crippen LogP contribution in [0, 0.1) is 11.3 Å². The van der Waals surface area contributed by atoms with Gasteiger partial charge in [-0.3, -0.25) is 0 Å². The van der Waals surface area contributed by atoms with E-state index in [4.69, 9.17) is 16.3 Å². The third-order valence-corrected chi connectivity index (χ3v) is 4.49. The van der Waals surface area contributed by atoms with E-state index in [1.54, 1.807) is 30.6 Å². The molecule has 0 bridgehead atoms. The van der Waals surface area contributed by atoms with E-state index in [9.17, 15) is 5.26 Å². The number of aromatic nitrogens is 2. The molecule has 0 unspecified atom stereocenters. The van der Waals surface area contributed by atoms with Crippen molar-refractivity contribution in [2.45, 2.75) is 6.54 Å². The molecule has 0 N–H and O–H groups in total. The first kappa shape index (κ1) is 20.5. The standard InChI is InChI=1S/C23H16ClN3O.ClH/c24-20-7-4-8-21(12-20)28-23-10-9-17(11-19(23)13-25)14-27-15-22(26-16-27)18-5-2-1-3-6-18;/h1-12,15-16H,14H2;1H. The van der Waals surface area contributed by atoms with Crippen LogP contribution < -0.4 is 4.74 Å². The summed E-state index contributed by atoms with van der Waals surface area (Å²) in [6.45, 7) is 0.617. The molecule has 4 aromatic rings. The van der Waals surface area contributed by atoms with Crippen molar-refractivity contribution in [1.29, 1.82) is 5.26 Å². The van der Waals surface area contributed by atoms with Gasteiger partial charge in [-0.2, -0.15) is 5.26 Å². The average molecular weight is 422 g/mol. The number of halogens is 2. The van der Waals surface area contributed by atoms with Crippen molar-refractivity contribution in [2.24, 2.45) is 0 Å². The van der Waals surface area contributed by atoms with Crippen molar-refractivity contribution in [3.63, 3.8) is 0 Å². The molecule has 6 heteroatoms. The summed E-state index contributed by atoms with van der Waals surface area (Å²) in [7, 11) is 0. The van der Waals surface area contributed by atoms with Gasteiger partial charge in [0.2, 0.25) is 0 Å². The first-order valence-electron chi connectivity index (χ1n) is 8.75. The van der Waals surface area contributed by atoms with Crippen LogP contribution in [0.5, 0.6) is 11.5 Å². The normalized spacial score (nSPS) is 10.1. The topological polar surface area (TPSA) is 50.8 Å². The molecule has 4 nitrogen and oxygen atoms in total. The molecule has 0 amide bonds. The van der Waals surface area contributed by atoms with Gasteiger partial charge < -0.3 is 9.30 Å². The Balaban J connectivity index is 0.00000240. The van der Waals surface area contributed by atoms with E-state index in [-0.39, 0.29) is 12.4 Å². The van der Waals surface area contributed by atoms with Gasteiger partial charge in [0.15, 0.2) is 0 Å². The van der Waals surface area contributed by atoms with Gasteiger partial charge >= 0.3 is 0 Å². The van der Waals surface area contributed by atoms with Crippen LogP contribution >= 0.6 is 24.0 Å². The maximum Gasteiger partial charge on any atom is 0.145 e. The molecule has 0 aliphatic carbocycles. The molecule has 3 aromatic carbocycles. The minimum Gasteiger partial charge on any atom is -0.456 e. The van der Waals surface area contributed by atoms with E-state index in [1.807, 2.05) is 59.3 Å². The monoisotopic (exact) mass is 421 g/mol. The second-order valence-electron chi connectivity index (χ2n) is 6.30. The van der Waals surface area contributed by atoms with Gasteiger partial charge in [0.1, 0.15) is 17.6 Å². The zero-order chi connectivity index (χ0) is 19.3. The van der Waals surface area contributed by atoms with Gasteiger partial charge in [0.25, 0.3) is 0 Å². The number of ether oxygens (including phenoxy) is 1. The van der Waals surface area contributed by atoms with E-state index in [2.05, 4.69) is 11.1 Å². The molecule has 0 fully saturated rings.